The number of likely N-dealkylation sites (tertiary alicyclic amines) is 1. The Morgan fingerprint density at radius 1 is 1.29 bits per heavy atom. The van der Waals surface area contributed by atoms with E-state index in [1.807, 2.05) is 5.32 Å². The third-order valence-electron chi connectivity index (χ3n) is 6.33. The molecule has 2 N–H and O–H groups in total. The van der Waals surface area contributed by atoms with Crippen LogP contribution in [0.3, 0.4) is 0 Å². The summed E-state index contributed by atoms with van der Waals surface area (Å²) in [5, 5.41) is 12.0. The van der Waals surface area contributed by atoms with Crippen molar-refractivity contribution < 1.29 is 27.9 Å². The van der Waals surface area contributed by atoms with Gasteiger partial charge in [0.25, 0.3) is 11.5 Å². The molecule has 2 aliphatic rings. The Labute approximate surface area is 192 Å². The lowest BCUT2D eigenvalue weighted by Gasteiger charge is -2.31. The molecule has 0 spiro atoms. The zero-order valence-corrected chi connectivity index (χ0v) is 18.2. The van der Waals surface area contributed by atoms with E-state index >= 15 is 0 Å². The molecule has 0 aromatic carbocycles. The Balaban J connectivity index is 1.81. The predicted molar refractivity (Wildman–Crippen MR) is 115 cm³/mol. The first-order valence-corrected chi connectivity index (χ1v) is 10.7. The SMILES string of the molecule is C/C=C\c1ccc2n(c1=O)C[C@@H]1[C@@H](CO)[C@H](C(=O)NCC(F)(F)F)N(C(=O)c3cccnc3)[C@H]21. The number of aromatic nitrogens is 2. The minimum Gasteiger partial charge on any atom is -0.396 e. The van der Waals surface area contributed by atoms with Crippen molar-refractivity contribution in [1.29, 1.82) is 0 Å². The number of nitrogens with zero attached hydrogens (tertiary/aromatic N) is 3. The maximum Gasteiger partial charge on any atom is 0.405 e. The van der Waals surface area contributed by atoms with E-state index in [0.29, 0.717) is 11.3 Å². The van der Waals surface area contributed by atoms with Crippen molar-refractivity contribution in [2.75, 3.05) is 13.2 Å². The topological polar surface area (TPSA) is 105 Å². The number of aliphatic hydroxyl groups is 1. The first-order valence-electron chi connectivity index (χ1n) is 10.7. The lowest BCUT2D eigenvalue weighted by molar-refractivity contribution is -0.141. The first-order chi connectivity index (χ1) is 16.2. The molecule has 4 atom stereocenters. The summed E-state index contributed by atoms with van der Waals surface area (Å²) in [6.45, 7) is -0.221. The van der Waals surface area contributed by atoms with Gasteiger partial charge in [0.2, 0.25) is 5.91 Å². The molecule has 34 heavy (non-hydrogen) atoms. The normalized spacial score (nSPS) is 23.7. The number of carbonyl (C=O) groups excluding carboxylic acids is 2. The van der Waals surface area contributed by atoms with Crippen LogP contribution >= 0.6 is 0 Å². The molecule has 180 valence electrons. The molecule has 1 fully saturated rings. The molecular weight excluding hydrogens is 453 g/mol. The summed E-state index contributed by atoms with van der Waals surface area (Å²) in [4.78, 5) is 44.6. The summed E-state index contributed by atoms with van der Waals surface area (Å²) in [5.74, 6) is -3.05. The second-order valence-electron chi connectivity index (χ2n) is 8.32. The minimum absolute atomic E-state index is 0.120. The predicted octanol–water partition coefficient (Wildman–Crippen LogP) is 1.76. The van der Waals surface area contributed by atoms with E-state index in [2.05, 4.69) is 4.98 Å². The molecule has 4 rings (SSSR count). The number of nitrogens with one attached hydrogen (secondary N) is 1. The van der Waals surface area contributed by atoms with E-state index in [1.165, 1.54) is 34.0 Å². The highest BCUT2D eigenvalue weighted by molar-refractivity contribution is 5.98. The van der Waals surface area contributed by atoms with Gasteiger partial charge in [0, 0.05) is 48.6 Å². The molecule has 0 unspecified atom stereocenters. The number of allylic oxidation sites excluding steroid dienone is 1. The smallest absolute Gasteiger partial charge is 0.396 e. The third-order valence-corrected chi connectivity index (χ3v) is 6.33. The molecule has 0 aliphatic carbocycles. The zero-order chi connectivity index (χ0) is 24.6. The quantitative estimate of drug-likeness (QED) is 0.685. The maximum absolute atomic E-state index is 13.5. The van der Waals surface area contributed by atoms with Crippen molar-refractivity contribution in [2.45, 2.75) is 31.7 Å². The molecule has 2 aromatic heterocycles. The van der Waals surface area contributed by atoms with Crippen LogP contribution in [0.4, 0.5) is 13.2 Å². The Morgan fingerprint density at radius 3 is 2.68 bits per heavy atom. The second kappa shape index (κ2) is 9.05. The minimum atomic E-state index is -4.64. The summed E-state index contributed by atoms with van der Waals surface area (Å²) in [5.41, 5.74) is 0.759. The first kappa shape index (κ1) is 23.7. The molecule has 0 radical (unpaired) electrons. The number of halogens is 3. The largest absolute Gasteiger partial charge is 0.405 e. The zero-order valence-electron chi connectivity index (χ0n) is 18.2. The van der Waals surface area contributed by atoms with Crippen LogP contribution in [0.2, 0.25) is 0 Å². The molecule has 0 bridgehead atoms. The van der Waals surface area contributed by atoms with Gasteiger partial charge >= 0.3 is 6.18 Å². The number of fused-ring (bicyclic) bond motifs is 3. The Kier molecular flexibility index (Phi) is 6.30. The van der Waals surface area contributed by atoms with Crippen molar-refractivity contribution in [3.8, 4) is 0 Å². The monoisotopic (exact) mass is 476 g/mol. The fraction of sp³-hybridized carbons (Fsp3) is 0.391. The van der Waals surface area contributed by atoms with Crippen LogP contribution < -0.4 is 10.9 Å². The van der Waals surface area contributed by atoms with E-state index < -0.39 is 55.1 Å². The van der Waals surface area contributed by atoms with Gasteiger partial charge in [-0.25, -0.2) is 0 Å². The van der Waals surface area contributed by atoms with Crippen LogP contribution in [0.1, 0.15) is 34.6 Å². The van der Waals surface area contributed by atoms with Crippen LogP contribution in [0.25, 0.3) is 6.08 Å². The van der Waals surface area contributed by atoms with Crippen LogP contribution in [0.5, 0.6) is 0 Å². The van der Waals surface area contributed by atoms with Gasteiger partial charge in [0.05, 0.1) is 11.6 Å². The van der Waals surface area contributed by atoms with Gasteiger partial charge in [0.15, 0.2) is 0 Å². The summed E-state index contributed by atoms with van der Waals surface area (Å²) in [7, 11) is 0. The van der Waals surface area contributed by atoms with Crippen LogP contribution in [0, 0.1) is 11.8 Å². The number of rotatable bonds is 5. The van der Waals surface area contributed by atoms with Crippen molar-refractivity contribution in [3.05, 3.63) is 69.9 Å². The Bertz CT molecular complexity index is 1180. The molecule has 0 saturated carbocycles. The number of aliphatic hydroxyl groups excluding tert-OH is 1. The molecule has 11 heteroatoms. The molecule has 2 aromatic rings. The van der Waals surface area contributed by atoms with Gasteiger partial charge in [0.1, 0.15) is 12.6 Å². The van der Waals surface area contributed by atoms with Gasteiger partial charge in [-0.1, -0.05) is 12.2 Å². The van der Waals surface area contributed by atoms with Crippen LogP contribution in [0.15, 0.2) is 47.5 Å². The number of alkyl halides is 3. The average molecular weight is 476 g/mol. The molecule has 2 aliphatic heterocycles. The van der Waals surface area contributed by atoms with Gasteiger partial charge in [-0.05, 0) is 31.2 Å². The van der Waals surface area contributed by atoms with Gasteiger partial charge in [-0.3, -0.25) is 19.4 Å². The van der Waals surface area contributed by atoms with Gasteiger partial charge < -0.3 is 19.9 Å². The number of pyridine rings is 2. The molecule has 1 saturated heterocycles. The third kappa shape index (κ3) is 4.11. The fourth-order valence-corrected chi connectivity index (χ4v) is 4.96. The number of carbonyl (C=O) groups is 2. The fourth-order valence-electron chi connectivity index (χ4n) is 4.96. The summed E-state index contributed by atoms with van der Waals surface area (Å²) in [6.07, 6.45) is 1.49. The van der Waals surface area contributed by atoms with E-state index in [-0.39, 0.29) is 17.7 Å². The highest BCUT2D eigenvalue weighted by atomic mass is 19.4. The van der Waals surface area contributed by atoms with Gasteiger partial charge in [-0.15, -0.1) is 0 Å². The highest BCUT2D eigenvalue weighted by Gasteiger charge is 2.57. The van der Waals surface area contributed by atoms with Crippen molar-refractivity contribution in [1.82, 2.24) is 19.8 Å². The Morgan fingerprint density at radius 2 is 2.06 bits per heavy atom. The van der Waals surface area contributed by atoms with Crippen molar-refractivity contribution in [2.24, 2.45) is 11.8 Å². The van der Waals surface area contributed by atoms with Crippen LogP contribution in [-0.2, 0) is 11.3 Å². The molecule has 4 heterocycles. The molecule has 2 amide bonds. The second-order valence-corrected chi connectivity index (χ2v) is 8.32. The van der Waals surface area contributed by atoms with Crippen molar-refractivity contribution in [3.63, 3.8) is 0 Å². The molecule has 8 nitrogen and oxygen atoms in total. The highest BCUT2D eigenvalue weighted by Crippen LogP contribution is 2.49. The van der Waals surface area contributed by atoms with E-state index in [0.717, 1.165) is 0 Å². The van der Waals surface area contributed by atoms with E-state index in [1.54, 1.807) is 31.2 Å². The molecular formula is C23H23F3N4O4. The number of amides is 2. The standard InChI is InChI=1S/C23H23F3N4O4/c1-2-4-13-6-7-17-18-15(10-29(17)21(13)33)16(11-31)19(20(32)28-12-23(24,25)26)30(18)22(34)14-5-3-8-27-9-14/h2-9,15-16,18-19,31H,10-12H2,1H3,(H,28,32)/b4-2-/t15-,16-,18+,19-/m1/s1. The summed E-state index contributed by atoms with van der Waals surface area (Å²) < 4.78 is 39.8. The lowest BCUT2D eigenvalue weighted by atomic mass is 9.88. The maximum atomic E-state index is 13.5. The number of hydrogen-bond acceptors (Lipinski definition) is 5. The van der Waals surface area contributed by atoms with E-state index in [4.69, 9.17) is 0 Å². The van der Waals surface area contributed by atoms with E-state index in [9.17, 15) is 32.7 Å². The van der Waals surface area contributed by atoms with Crippen LogP contribution in [-0.4, -0.2) is 56.7 Å². The van der Waals surface area contributed by atoms with Gasteiger partial charge in [-0.2, -0.15) is 13.2 Å². The van der Waals surface area contributed by atoms with Crippen molar-refractivity contribution >= 4 is 17.9 Å². The lowest BCUT2D eigenvalue weighted by Crippen LogP contribution is -2.51. The summed E-state index contributed by atoms with van der Waals surface area (Å²) in [6, 6.07) is 4.16. The average Bonchev–Trinajstić information content (AvgIpc) is 3.34. The summed E-state index contributed by atoms with van der Waals surface area (Å²) >= 11 is 0. The Hall–Kier alpha value is -3.47. The number of hydrogen-bond donors (Lipinski definition) is 2.